The van der Waals surface area contributed by atoms with E-state index in [0.29, 0.717) is 21.7 Å². The first-order chi connectivity index (χ1) is 15.8. The van der Waals surface area contributed by atoms with Crippen molar-refractivity contribution < 1.29 is 13.4 Å². The number of amides is 1. The number of rotatable bonds is 6. The molecule has 2 aliphatic rings. The number of halogens is 1. The van der Waals surface area contributed by atoms with E-state index < -0.39 is 11.0 Å². The van der Waals surface area contributed by atoms with Gasteiger partial charge in [0.15, 0.2) is 0 Å². The van der Waals surface area contributed by atoms with Gasteiger partial charge < -0.3 is 9.62 Å². The van der Waals surface area contributed by atoms with Crippen molar-refractivity contribution in [2.75, 3.05) is 11.8 Å². The third kappa shape index (κ3) is 4.80. The molecule has 0 fully saturated rings. The lowest BCUT2D eigenvalue weighted by atomic mass is 10.0. The highest BCUT2D eigenvalue weighted by Gasteiger charge is 2.30. The van der Waals surface area contributed by atoms with Gasteiger partial charge >= 0.3 is 0 Å². The Kier molecular flexibility index (Phi) is 6.83. The SMILES string of the molecule is Cc1ccc(C(=O)N(C)C(C)c2ccc(F)c(C)c2)c(NS(=O)C2=CC=CC3=NSNC23)c1. The van der Waals surface area contributed by atoms with Gasteiger partial charge in [0.05, 0.1) is 46.1 Å². The van der Waals surface area contributed by atoms with Crippen LogP contribution < -0.4 is 9.44 Å². The lowest BCUT2D eigenvalue weighted by Gasteiger charge is -2.27. The molecule has 1 amide bonds. The van der Waals surface area contributed by atoms with Crippen LogP contribution in [-0.4, -0.2) is 33.8 Å². The van der Waals surface area contributed by atoms with Crippen LogP contribution in [0.2, 0.25) is 0 Å². The molecule has 0 bridgehead atoms. The van der Waals surface area contributed by atoms with E-state index in [2.05, 4.69) is 13.8 Å². The van der Waals surface area contributed by atoms with Crippen molar-refractivity contribution >= 4 is 40.4 Å². The van der Waals surface area contributed by atoms with Crippen LogP contribution in [0.3, 0.4) is 0 Å². The van der Waals surface area contributed by atoms with Gasteiger partial charge in [0.2, 0.25) is 0 Å². The molecule has 4 rings (SSSR count). The van der Waals surface area contributed by atoms with E-state index in [0.717, 1.165) is 16.8 Å². The van der Waals surface area contributed by atoms with Crippen LogP contribution in [0.4, 0.5) is 10.1 Å². The van der Waals surface area contributed by atoms with E-state index in [4.69, 9.17) is 0 Å². The number of nitrogens with zero attached hydrogens (tertiary/aromatic N) is 2. The minimum Gasteiger partial charge on any atom is -0.335 e. The summed E-state index contributed by atoms with van der Waals surface area (Å²) >= 11 is 1.22. The summed E-state index contributed by atoms with van der Waals surface area (Å²) in [6.07, 6.45) is 5.50. The number of nitrogens with one attached hydrogen (secondary N) is 2. The second-order valence-corrected chi connectivity index (χ2v) is 9.92. The highest BCUT2D eigenvalue weighted by atomic mass is 32.2. The molecular formula is C24H25FN4O2S2. The molecule has 9 heteroatoms. The summed E-state index contributed by atoms with van der Waals surface area (Å²) in [5.41, 5.74) is 4.03. The van der Waals surface area contributed by atoms with E-state index in [1.165, 1.54) is 18.2 Å². The van der Waals surface area contributed by atoms with Crippen molar-refractivity contribution in [2.45, 2.75) is 32.9 Å². The largest absolute Gasteiger partial charge is 0.335 e. The lowest BCUT2D eigenvalue weighted by Crippen LogP contribution is -2.34. The average molecular weight is 485 g/mol. The predicted molar refractivity (Wildman–Crippen MR) is 134 cm³/mol. The highest BCUT2D eigenvalue weighted by molar-refractivity contribution is 7.96. The molecule has 172 valence electrons. The van der Waals surface area contributed by atoms with E-state index in [-0.39, 0.29) is 23.8 Å². The molecule has 3 unspecified atom stereocenters. The second kappa shape index (κ2) is 9.62. The Morgan fingerprint density at radius 1 is 1.27 bits per heavy atom. The van der Waals surface area contributed by atoms with E-state index in [1.807, 2.05) is 38.1 Å². The maximum atomic E-state index is 13.7. The maximum Gasteiger partial charge on any atom is 0.256 e. The van der Waals surface area contributed by atoms with Gasteiger partial charge in [-0.2, -0.15) is 0 Å². The monoisotopic (exact) mass is 484 g/mol. The zero-order valence-corrected chi connectivity index (χ0v) is 20.4. The Labute approximate surface area is 199 Å². The number of hydrogen-bond acceptors (Lipinski definition) is 5. The molecule has 2 N–H and O–H groups in total. The molecular weight excluding hydrogens is 459 g/mol. The fraction of sp³-hybridized carbons (Fsp3) is 0.250. The Morgan fingerprint density at radius 2 is 2.06 bits per heavy atom. The molecule has 1 aliphatic carbocycles. The minimum atomic E-state index is -1.58. The van der Waals surface area contributed by atoms with Crippen molar-refractivity contribution in [1.82, 2.24) is 9.62 Å². The summed E-state index contributed by atoms with van der Waals surface area (Å²) in [4.78, 5) is 15.7. The topological polar surface area (TPSA) is 73.8 Å². The fourth-order valence-electron chi connectivity index (χ4n) is 3.69. The Hall–Kier alpha value is -2.75. The van der Waals surface area contributed by atoms with Gasteiger partial charge in [-0.1, -0.05) is 24.3 Å². The van der Waals surface area contributed by atoms with Gasteiger partial charge in [-0.3, -0.25) is 4.79 Å². The number of anilines is 1. The highest BCUT2D eigenvalue weighted by Crippen LogP contribution is 2.29. The van der Waals surface area contributed by atoms with Crippen molar-refractivity contribution in [3.63, 3.8) is 0 Å². The van der Waals surface area contributed by atoms with Crippen LogP contribution in [0.15, 0.2) is 63.9 Å². The Balaban J connectivity index is 1.58. The van der Waals surface area contributed by atoms with Gasteiger partial charge in [-0.15, -0.1) is 0 Å². The van der Waals surface area contributed by atoms with E-state index in [1.54, 1.807) is 43.1 Å². The number of carbonyl (C=O) groups excluding carboxylic acids is 1. The van der Waals surface area contributed by atoms with Crippen molar-refractivity contribution in [1.29, 1.82) is 0 Å². The van der Waals surface area contributed by atoms with Gasteiger partial charge in [0, 0.05) is 7.05 Å². The number of hydrogen-bond donors (Lipinski definition) is 2. The third-order valence-electron chi connectivity index (χ3n) is 5.82. The maximum absolute atomic E-state index is 13.7. The lowest BCUT2D eigenvalue weighted by molar-refractivity contribution is 0.0743. The quantitative estimate of drug-likeness (QED) is 0.579. The molecule has 0 radical (unpaired) electrons. The van der Waals surface area contributed by atoms with Gasteiger partial charge in [0.25, 0.3) is 5.91 Å². The number of carbonyl (C=O) groups is 1. The van der Waals surface area contributed by atoms with Gasteiger partial charge in [-0.05, 0) is 67.8 Å². The number of benzene rings is 2. The molecule has 2 aromatic rings. The summed E-state index contributed by atoms with van der Waals surface area (Å²) in [5, 5.41) is 0. The molecule has 0 saturated carbocycles. The van der Waals surface area contributed by atoms with Gasteiger partial charge in [-0.25, -0.2) is 17.7 Å². The first-order valence-corrected chi connectivity index (χ1v) is 12.4. The standard InChI is InChI=1S/C24H25FN4O2S2/c1-14-8-10-18(24(30)29(4)16(3)17-9-11-19(25)15(2)13-17)21(12-14)28-33(31)22-7-5-6-20-23(22)27-32-26-20/h5-13,16,23,27-28H,1-4H3. The molecule has 33 heavy (non-hydrogen) atoms. The molecule has 2 aromatic carbocycles. The smallest absolute Gasteiger partial charge is 0.256 e. The summed E-state index contributed by atoms with van der Waals surface area (Å²) in [6.45, 7) is 5.51. The Bertz CT molecular complexity index is 1220. The van der Waals surface area contributed by atoms with Gasteiger partial charge in [0.1, 0.15) is 16.8 Å². The van der Waals surface area contributed by atoms with Crippen LogP contribution >= 0.6 is 12.1 Å². The third-order valence-corrected chi connectivity index (χ3v) is 7.67. The van der Waals surface area contributed by atoms with Crippen LogP contribution in [0.1, 0.15) is 40.0 Å². The summed E-state index contributed by atoms with van der Waals surface area (Å²) in [7, 11) is 0.133. The van der Waals surface area contributed by atoms with E-state index in [9.17, 15) is 13.4 Å². The van der Waals surface area contributed by atoms with Crippen molar-refractivity contribution in [2.24, 2.45) is 4.40 Å². The Morgan fingerprint density at radius 3 is 2.82 bits per heavy atom. The molecule has 1 heterocycles. The summed E-state index contributed by atoms with van der Waals surface area (Å²) < 4.78 is 37.4. The van der Waals surface area contributed by atoms with Crippen molar-refractivity contribution in [3.05, 3.63) is 87.6 Å². The summed E-state index contributed by atoms with van der Waals surface area (Å²) in [6, 6.07) is 9.75. The molecule has 0 spiro atoms. The second-order valence-electron chi connectivity index (χ2n) is 8.11. The molecule has 0 aromatic heterocycles. The first-order valence-electron chi connectivity index (χ1n) is 10.5. The predicted octanol–water partition coefficient (Wildman–Crippen LogP) is 4.78. The molecule has 6 nitrogen and oxygen atoms in total. The van der Waals surface area contributed by atoms with Crippen LogP contribution in [0, 0.1) is 19.7 Å². The minimum absolute atomic E-state index is 0.224. The van der Waals surface area contributed by atoms with Crippen LogP contribution in [0.25, 0.3) is 0 Å². The zero-order chi connectivity index (χ0) is 23.7. The normalized spacial score (nSPS) is 18.8. The zero-order valence-electron chi connectivity index (χ0n) is 18.8. The number of fused-ring (bicyclic) bond motifs is 1. The van der Waals surface area contributed by atoms with Crippen molar-refractivity contribution in [3.8, 4) is 0 Å². The first kappa shape index (κ1) is 23.4. The molecule has 3 atom stereocenters. The van der Waals surface area contributed by atoms with Crippen LogP contribution in [-0.2, 0) is 11.0 Å². The van der Waals surface area contributed by atoms with Crippen LogP contribution in [0.5, 0.6) is 0 Å². The number of allylic oxidation sites excluding steroid dienone is 2. The molecule has 0 saturated heterocycles. The van der Waals surface area contributed by atoms with E-state index >= 15 is 0 Å². The number of aryl methyl sites for hydroxylation is 2. The fourth-order valence-corrected chi connectivity index (χ4v) is 5.52. The average Bonchev–Trinajstić information content (AvgIpc) is 3.28. The summed E-state index contributed by atoms with van der Waals surface area (Å²) in [5.74, 6) is -0.499. The molecule has 1 aliphatic heterocycles.